The third-order valence-corrected chi connectivity index (χ3v) is 5.64. The zero-order chi connectivity index (χ0) is 18.0. The van der Waals surface area contributed by atoms with Gasteiger partial charge in [-0.05, 0) is 73.2 Å². The normalized spacial score (nSPS) is 27.2. The molecule has 6 heteroatoms. The fourth-order valence-corrected chi connectivity index (χ4v) is 3.30. The van der Waals surface area contributed by atoms with Crippen LogP contribution in [-0.4, -0.2) is 47.0 Å². The van der Waals surface area contributed by atoms with Gasteiger partial charge in [0.25, 0.3) is 0 Å². The van der Waals surface area contributed by atoms with Gasteiger partial charge in [-0.3, -0.25) is 4.90 Å². The fraction of sp³-hybridized carbons (Fsp3) is 0.833. The maximum atomic E-state index is 12.5. The van der Waals surface area contributed by atoms with E-state index >= 15 is 0 Å². The van der Waals surface area contributed by atoms with Crippen molar-refractivity contribution in [2.45, 2.75) is 90.1 Å². The van der Waals surface area contributed by atoms with Crippen molar-refractivity contribution < 1.29 is 18.8 Å². The van der Waals surface area contributed by atoms with Crippen LogP contribution in [-0.2, 0) is 14.0 Å². The summed E-state index contributed by atoms with van der Waals surface area (Å²) in [6.45, 7) is 14.5. The second kappa shape index (κ2) is 5.24. The summed E-state index contributed by atoms with van der Waals surface area (Å²) in [6.07, 6.45) is 4.70. The molecular formula is C18H30BNO4. The van der Waals surface area contributed by atoms with Gasteiger partial charge in [-0.2, -0.15) is 0 Å². The molecule has 0 bridgehead atoms. The lowest BCUT2D eigenvalue weighted by molar-refractivity contribution is 0.00578. The van der Waals surface area contributed by atoms with Crippen molar-refractivity contribution in [3.63, 3.8) is 0 Å². The molecule has 0 aromatic carbocycles. The molecule has 1 saturated heterocycles. The van der Waals surface area contributed by atoms with Gasteiger partial charge in [0, 0.05) is 12.1 Å². The highest BCUT2D eigenvalue weighted by Gasteiger charge is 2.58. The minimum absolute atomic E-state index is 0.101. The Morgan fingerprint density at radius 2 is 1.71 bits per heavy atom. The number of hydrogen-bond acceptors (Lipinski definition) is 4. The monoisotopic (exact) mass is 335 g/mol. The molecule has 1 aliphatic carbocycles. The van der Waals surface area contributed by atoms with E-state index in [9.17, 15) is 4.79 Å². The molecule has 2 heterocycles. The highest BCUT2D eigenvalue weighted by Crippen LogP contribution is 2.51. The molecule has 0 aromatic rings. The van der Waals surface area contributed by atoms with Crippen LogP contribution in [0.4, 0.5) is 4.79 Å². The van der Waals surface area contributed by atoms with E-state index in [2.05, 4.69) is 33.8 Å². The lowest BCUT2D eigenvalue weighted by Crippen LogP contribution is -2.48. The van der Waals surface area contributed by atoms with E-state index < -0.39 is 5.60 Å². The van der Waals surface area contributed by atoms with Crippen molar-refractivity contribution in [2.24, 2.45) is 0 Å². The first-order valence-corrected chi connectivity index (χ1v) is 8.91. The summed E-state index contributed by atoms with van der Waals surface area (Å²) in [5.74, 6) is 0. The molecule has 1 spiro atoms. The second-order valence-electron chi connectivity index (χ2n) is 9.36. The Morgan fingerprint density at radius 3 is 2.17 bits per heavy atom. The molecule has 0 unspecified atom stereocenters. The highest BCUT2D eigenvalue weighted by atomic mass is 16.7. The van der Waals surface area contributed by atoms with Gasteiger partial charge in [-0.1, -0.05) is 6.08 Å². The molecule has 0 radical (unpaired) electrons. The second-order valence-corrected chi connectivity index (χ2v) is 9.36. The molecule has 1 saturated carbocycles. The first-order chi connectivity index (χ1) is 10.9. The van der Waals surface area contributed by atoms with Crippen LogP contribution in [0.15, 0.2) is 11.5 Å². The standard InChI is InChI=1S/C18H30BNO4/c1-15(2,3)22-14(21)20-11-8-13(12-18(20)9-10-18)19-23-16(4,5)17(6,7)24-19/h8H,9-12H2,1-7H3. The van der Waals surface area contributed by atoms with Gasteiger partial charge in [0.1, 0.15) is 5.60 Å². The molecule has 0 aromatic heterocycles. The molecule has 2 aliphatic heterocycles. The number of ether oxygens (including phenoxy) is 1. The number of carbonyl (C=O) groups is 1. The van der Waals surface area contributed by atoms with Crippen LogP contribution in [0, 0.1) is 0 Å². The summed E-state index contributed by atoms with van der Waals surface area (Å²) in [7, 11) is -0.312. The number of nitrogens with zero attached hydrogens (tertiary/aromatic N) is 1. The smallest absolute Gasteiger partial charge is 0.444 e. The van der Waals surface area contributed by atoms with Gasteiger partial charge < -0.3 is 14.0 Å². The summed E-state index contributed by atoms with van der Waals surface area (Å²) in [5.41, 5.74) is -0.0838. The summed E-state index contributed by atoms with van der Waals surface area (Å²) in [6, 6.07) is 0. The van der Waals surface area contributed by atoms with E-state index in [4.69, 9.17) is 14.0 Å². The summed E-state index contributed by atoms with van der Waals surface area (Å²) in [5, 5.41) is 0. The van der Waals surface area contributed by atoms with Crippen LogP contribution in [0.2, 0.25) is 0 Å². The van der Waals surface area contributed by atoms with Crippen molar-refractivity contribution in [2.75, 3.05) is 6.54 Å². The van der Waals surface area contributed by atoms with Crippen molar-refractivity contribution in [1.82, 2.24) is 4.90 Å². The SMILES string of the molecule is CC(C)(C)OC(=O)N1CC=C(B2OC(C)(C)C(C)(C)O2)CC12CC2. The van der Waals surface area contributed by atoms with E-state index in [0.29, 0.717) is 6.54 Å². The lowest BCUT2D eigenvalue weighted by atomic mass is 9.72. The topological polar surface area (TPSA) is 48.0 Å². The number of rotatable bonds is 1. The molecule has 5 nitrogen and oxygen atoms in total. The van der Waals surface area contributed by atoms with Crippen molar-refractivity contribution in [3.05, 3.63) is 11.5 Å². The maximum Gasteiger partial charge on any atom is 0.490 e. The average molecular weight is 335 g/mol. The zero-order valence-corrected chi connectivity index (χ0v) is 16.1. The Morgan fingerprint density at radius 1 is 1.17 bits per heavy atom. The van der Waals surface area contributed by atoms with Crippen molar-refractivity contribution in [3.8, 4) is 0 Å². The van der Waals surface area contributed by atoms with E-state index in [1.165, 1.54) is 0 Å². The first kappa shape index (κ1) is 17.8. The minimum atomic E-state index is -0.469. The Kier molecular flexibility index (Phi) is 3.89. The van der Waals surface area contributed by atoms with Crippen LogP contribution < -0.4 is 0 Å². The molecule has 3 rings (SSSR count). The highest BCUT2D eigenvalue weighted by molar-refractivity contribution is 6.54. The molecule has 1 amide bonds. The van der Waals surface area contributed by atoms with Gasteiger partial charge in [-0.25, -0.2) is 4.79 Å². The van der Waals surface area contributed by atoms with Gasteiger partial charge in [0.15, 0.2) is 0 Å². The Labute approximate surface area is 145 Å². The predicted molar refractivity (Wildman–Crippen MR) is 93.7 cm³/mol. The molecule has 0 N–H and O–H groups in total. The lowest BCUT2D eigenvalue weighted by Gasteiger charge is -2.37. The van der Waals surface area contributed by atoms with Gasteiger partial charge in [0.05, 0.1) is 11.2 Å². The average Bonchev–Trinajstić information content (AvgIpc) is 3.09. The Hall–Kier alpha value is -1.01. The minimum Gasteiger partial charge on any atom is -0.444 e. The van der Waals surface area contributed by atoms with Gasteiger partial charge >= 0.3 is 13.2 Å². The molecule has 134 valence electrons. The quantitative estimate of drug-likeness (QED) is 0.685. The van der Waals surface area contributed by atoms with Crippen molar-refractivity contribution in [1.29, 1.82) is 0 Å². The number of hydrogen-bond donors (Lipinski definition) is 0. The van der Waals surface area contributed by atoms with E-state index in [0.717, 1.165) is 24.7 Å². The molecule has 0 atom stereocenters. The Bertz CT molecular complexity index is 556. The van der Waals surface area contributed by atoms with Crippen LogP contribution in [0.25, 0.3) is 0 Å². The first-order valence-electron chi connectivity index (χ1n) is 8.91. The van der Waals surface area contributed by atoms with E-state index in [1.807, 2.05) is 25.7 Å². The fourth-order valence-electron chi connectivity index (χ4n) is 3.30. The summed E-state index contributed by atoms with van der Waals surface area (Å²) >= 11 is 0. The number of amides is 1. The number of carbonyl (C=O) groups excluding carboxylic acids is 1. The van der Waals surface area contributed by atoms with Crippen LogP contribution in [0.1, 0.15) is 67.7 Å². The van der Waals surface area contributed by atoms with Crippen LogP contribution in [0.3, 0.4) is 0 Å². The third-order valence-electron chi connectivity index (χ3n) is 5.64. The molecular weight excluding hydrogens is 305 g/mol. The zero-order valence-electron chi connectivity index (χ0n) is 16.1. The molecule has 3 aliphatic rings. The van der Waals surface area contributed by atoms with Gasteiger partial charge in [0.2, 0.25) is 0 Å². The van der Waals surface area contributed by atoms with Crippen LogP contribution >= 0.6 is 0 Å². The van der Waals surface area contributed by atoms with Crippen molar-refractivity contribution >= 4 is 13.2 Å². The van der Waals surface area contributed by atoms with Crippen LogP contribution in [0.5, 0.6) is 0 Å². The van der Waals surface area contributed by atoms with E-state index in [-0.39, 0.29) is 30.0 Å². The van der Waals surface area contributed by atoms with E-state index in [1.54, 1.807) is 0 Å². The summed E-state index contributed by atoms with van der Waals surface area (Å²) in [4.78, 5) is 14.4. The third kappa shape index (κ3) is 3.10. The van der Waals surface area contributed by atoms with Gasteiger partial charge in [-0.15, -0.1) is 0 Å². The molecule has 2 fully saturated rings. The maximum absolute atomic E-state index is 12.5. The Balaban J connectivity index is 1.74. The molecule has 24 heavy (non-hydrogen) atoms. The predicted octanol–water partition coefficient (Wildman–Crippen LogP) is 3.72. The largest absolute Gasteiger partial charge is 0.490 e. The summed E-state index contributed by atoms with van der Waals surface area (Å²) < 4.78 is 17.9.